The SMILES string of the molecule is N#CC1=CC=C(c2ccc(-c3cc4ccccc4c(C4C=CC(c5ccc(C#N)cc5)=CC4)n3)cc2)CC1. The Morgan fingerprint density at radius 1 is 0.763 bits per heavy atom. The summed E-state index contributed by atoms with van der Waals surface area (Å²) in [5.41, 5.74) is 9.44. The zero-order valence-corrected chi connectivity index (χ0v) is 20.9. The third kappa shape index (κ3) is 4.59. The van der Waals surface area contributed by atoms with Gasteiger partial charge in [-0.05, 0) is 71.2 Å². The van der Waals surface area contributed by atoms with Crippen molar-refractivity contribution in [2.24, 2.45) is 0 Å². The highest BCUT2D eigenvalue weighted by Gasteiger charge is 2.18. The largest absolute Gasteiger partial charge is 0.252 e. The Balaban J connectivity index is 1.30. The third-order valence-electron chi connectivity index (χ3n) is 7.41. The molecular weight excluding hydrogens is 462 g/mol. The monoisotopic (exact) mass is 487 g/mol. The number of fused-ring (bicyclic) bond motifs is 1. The number of allylic oxidation sites excluding steroid dienone is 8. The normalized spacial score (nSPS) is 16.7. The second-order valence-electron chi connectivity index (χ2n) is 9.74. The van der Waals surface area contributed by atoms with Gasteiger partial charge < -0.3 is 0 Å². The molecule has 3 nitrogen and oxygen atoms in total. The van der Waals surface area contributed by atoms with Crippen molar-refractivity contribution in [2.75, 3.05) is 0 Å². The molecule has 180 valence electrons. The molecule has 0 spiro atoms. The maximum absolute atomic E-state index is 9.11. The van der Waals surface area contributed by atoms with E-state index >= 15 is 0 Å². The molecule has 6 rings (SSSR count). The first-order valence-corrected chi connectivity index (χ1v) is 12.9. The number of hydrogen-bond donors (Lipinski definition) is 0. The van der Waals surface area contributed by atoms with Crippen molar-refractivity contribution in [1.82, 2.24) is 4.98 Å². The molecule has 0 saturated heterocycles. The molecule has 2 aliphatic rings. The van der Waals surface area contributed by atoms with E-state index in [4.69, 9.17) is 15.5 Å². The molecule has 1 unspecified atom stereocenters. The Labute approximate surface area is 223 Å². The van der Waals surface area contributed by atoms with Crippen LogP contribution in [0, 0.1) is 22.7 Å². The molecular formula is C35H25N3. The molecule has 2 aliphatic carbocycles. The van der Waals surface area contributed by atoms with E-state index in [0.717, 1.165) is 47.4 Å². The van der Waals surface area contributed by atoms with Gasteiger partial charge >= 0.3 is 0 Å². The standard InChI is InChI=1S/C35H25N3/c36-22-24-5-9-26(10-6-24)28-13-17-30(18-14-28)34-21-32-3-1-2-4-33(32)35(38-34)31-19-15-29(16-20-31)27-11-7-25(23-37)8-12-27/h1-5,7-9,11-19,21,31H,6,10,20H2. The van der Waals surface area contributed by atoms with E-state index in [0.29, 0.717) is 5.56 Å². The number of benzene rings is 3. The van der Waals surface area contributed by atoms with Crippen LogP contribution in [0.4, 0.5) is 0 Å². The van der Waals surface area contributed by atoms with Crippen LogP contribution in [0.25, 0.3) is 33.2 Å². The number of pyridine rings is 1. The number of hydrogen-bond acceptors (Lipinski definition) is 3. The van der Waals surface area contributed by atoms with E-state index < -0.39 is 0 Å². The van der Waals surface area contributed by atoms with E-state index in [1.807, 2.05) is 30.3 Å². The second kappa shape index (κ2) is 10.2. The number of nitriles is 2. The average Bonchev–Trinajstić information content (AvgIpc) is 3.01. The van der Waals surface area contributed by atoms with Gasteiger partial charge in [-0.2, -0.15) is 10.5 Å². The van der Waals surface area contributed by atoms with Crippen LogP contribution in [-0.2, 0) is 0 Å². The van der Waals surface area contributed by atoms with Crippen LogP contribution in [0.3, 0.4) is 0 Å². The molecule has 3 aromatic carbocycles. The topological polar surface area (TPSA) is 60.5 Å². The first-order valence-electron chi connectivity index (χ1n) is 12.9. The fourth-order valence-corrected chi connectivity index (χ4v) is 5.26. The van der Waals surface area contributed by atoms with E-state index in [1.165, 1.54) is 27.5 Å². The van der Waals surface area contributed by atoms with E-state index in [9.17, 15) is 0 Å². The van der Waals surface area contributed by atoms with Crippen molar-refractivity contribution in [2.45, 2.75) is 25.2 Å². The highest BCUT2D eigenvalue weighted by molar-refractivity contribution is 5.89. The van der Waals surface area contributed by atoms with Crippen LogP contribution in [0.15, 0.2) is 115 Å². The van der Waals surface area contributed by atoms with Gasteiger partial charge in [-0.1, -0.05) is 85.0 Å². The van der Waals surface area contributed by atoms with Crippen LogP contribution in [-0.4, -0.2) is 4.98 Å². The van der Waals surface area contributed by atoms with Gasteiger partial charge in [0.05, 0.1) is 29.1 Å². The molecule has 1 aromatic heterocycles. The lowest BCUT2D eigenvalue weighted by Gasteiger charge is -2.19. The van der Waals surface area contributed by atoms with Crippen LogP contribution >= 0.6 is 0 Å². The van der Waals surface area contributed by atoms with Gasteiger partial charge in [-0.3, -0.25) is 4.98 Å². The Kier molecular flexibility index (Phi) is 6.27. The highest BCUT2D eigenvalue weighted by Crippen LogP contribution is 2.36. The Morgan fingerprint density at radius 2 is 1.53 bits per heavy atom. The van der Waals surface area contributed by atoms with Gasteiger partial charge in [-0.15, -0.1) is 0 Å². The van der Waals surface area contributed by atoms with Gasteiger partial charge in [0.2, 0.25) is 0 Å². The quantitative estimate of drug-likeness (QED) is 0.290. The predicted octanol–water partition coefficient (Wildman–Crippen LogP) is 8.53. The molecule has 0 bridgehead atoms. The Bertz CT molecular complexity index is 1730. The lowest BCUT2D eigenvalue weighted by Crippen LogP contribution is -2.04. The Hall–Kier alpha value is -4.99. The van der Waals surface area contributed by atoms with Gasteiger partial charge in [0.25, 0.3) is 0 Å². The number of nitrogens with zero attached hydrogens (tertiary/aromatic N) is 3. The highest BCUT2D eigenvalue weighted by atomic mass is 14.7. The van der Waals surface area contributed by atoms with Crippen LogP contribution in [0.5, 0.6) is 0 Å². The zero-order valence-electron chi connectivity index (χ0n) is 20.9. The summed E-state index contributed by atoms with van der Waals surface area (Å²) in [5, 5.41) is 20.6. The lowest BCUT2D eigenvalue weighted by molar-refractivity contribution is 0.830. The first kappa shape index (κ1) is 23.4. The minimum atomic E-state index is 0.190. The van der Waals surface area contributed by atoms with Crippen molar-refractivity contribution in [1.29, 1.82) is 10.5 Å². The minimum absolute atomic E-state index is 0.190. The number of rotatable bonds is 4. The molecule has 0 N–H and O–H groups in total. The molecule has 0 fully saturated rings. The van der Waals surface area contributed by atoms with Crippen LogP contribution < -0.4 is 0 Å². The predicted molar refractivity (Wildman–Crippen MR) is 154 cm³/mol. The molecule has 0 amide bonds. The summed E-state index contributed by atoms with van der Waals surface area (Å²) in [4.78, 5) is 5.20. The minimum Gasteiger partial charge on any atom is -0.252 e. The van der Waals surface area contributed by atoms with Crippen molar-refractivity contribution in [3.63, 3.8) is 0 Å². The van der Waals surface area contributed by atoms with Gasteiger partial charge in [0.15, 0.2) is 0 Å². The molecule has 0 radical (unpaired) electrons. The summed E-state index contributed by atoms with van der Waals surface area (Å²) in [5.74, 6) is 0.190. The summed E-state index contributed by atoms with van der Waals surface area (Å²) >= 11 is 0. The fourth-order valence-electron chi connectivity index (χ4n) is 5.26. The molecule has 0 aliphatic heterocycles. The molecule has 0 saturated carbocycles. The van der Waals surface area contributed by atoms with Crippen molar-refractivity contribution >= 4 is 21.9 Å². The third-order valence-corrected chi connectivity index (χ3v) is 7.41. The summed E-state index contributed by atoms with van der Waals surface area (Å²) in [6.45, 7) is 0. The Morgan fingerprint density at radius 3 is 2.21 bits per heavy atom. The van der Waals surface area contributed by atoms with Crippen LogP contribution in [0.1, 0.15) is 47.6 Å². The van der Waals surface area contributed by atoms with Gasteiger partial charge in [0, 0.05) is 22.4 Å². The summed E-state index contributed by atoms with van der Waals surface area (Å²) in [7, 11) is 0. The van der Waals surface area contributed by atoms with E-state index in [-0.39, 0.29) is 5.92 Å². The maximum atomic E-state index is 9.11. The fraction of sp³-hybridized carbons (Fsp3) is 0.114. The van der Waals surface area contributed by atoms with Gasteiger partial charge in [0.1, 0.15) is 0 Å². The first-order chi connectivity index (χ1) is 18.7. The lowest BCUT2D eigenvalue weighted by atomic mass is 9.88. The summed E-state index contributed by atoms with van der Waals surface area (Å²) in [6.07, 6.45) is 13.3. The molecule has 4 aromatic rings. The van der Waals surface area contributed by atoms with E-state index in [2.05, 4.69) is 91.0 Å². The zero-order chi connectivity index (χ0) is 25.9. The second-order valence-corrected chi connectivity index (χ2v) is 9.74. The van der Waals surface area contributed by atoms with Crippen LogP contribution in [0.2, 0.25) is 0 Å². The molecule has 1 atom stereocenters. The summed E-state index contributed by atoms with van der Waals surface area (Å²) < 4.78 is 0. The van der Waals surface area contributed by atoms with Crippen molar-refractivity contribution in [3.8, 4) is 23.4 Å². The van der Waals surface area contributed by atoms with Crippen molar-refractivity contribution < 1.29 is 0 Å². The molecule has 1 heterocycles. The molecule has 38 heavy (non-hydrogen) atoms. The maximum Gasteiger partial charge on any atom is 0.0991 e. The van der Waals surface area contributed by atoms with Gasteiger partial charge in [-0.25, -0.2) is 0 Å². The average molecular weight is 488 g/mol. The summed E-state index contributed by atoms with van der Waals surface area (Å²) in [6, 6.07) is 31.5. The van der Waals surface area contributed by atoms with Crippen molar-refractivity contribution in [3.05, 3.63) is 137 Å². The molecule has 3 heteroatoms. The van der Waals surface area contributed by atoms with E-state index in [1.54, 1.807) is 0 Å². The number of aromatic nitrogens is 1. The smallest absolute Gasteiger partial charge is 0.0991 e.